The zero-order chi connectivity index (χ0) is 17.0. The molecule has 1 aliphatic rings. The summed E-state index contributed by atoms with van der Waals surface area (Å²) in [5, 5.41) is 4.26. The van der Waals surface area contributed by atoms with E-state index >= 15 is 0 Å². The van der Waals surface area contributed by atoms with Gasteiger partial charge in [-0.05, 0) is 52.7 Å². The molecule has 0 unspecified atom stereocenters. The summed E-state index contributed by atoms with van der Waals surface area (Å²) in [6.45, 7) is 0. The predicted octanol–water partition coefficient (Wildman–Crippen LogP) is 7.09. The van der Waals surface area contributed by atoms with Crippen LogP contribution in [0.3, 0.4) is 0 Å². The highest BCUT2D eigenvalue weighted by atomic mass is 32.2. The fourth-order valence-corrected chi connectivity index (χ4v) is 4.76. The lowest BCUT2D eigenvalue weighted by Crippen LogP contribution is -1.83. The average Bonchev–Trinajstić information content (AvgIpc) is 2.59. The lowest BCUT2D eigenvalue weighted by molar-refractivity contribution is 1.13. The zero-order valence-electron chi connectivity index (χ0n) is 15.6. The van der Waals surface area contributed by atoms with Gasteiger partial charge in [-0.1, -0.05) is 54.7 Å². The van der Waals surface area contributed by atoms with E-state index < -0.39 is 0 Å². The standard InChI is InChI=1S/C20H27S4.2H3N/c1-3-7-13-21-17-11-19-23-15-9-5-2-6-10-16-24-20-12-18-22-14-8-4-1;;/h1-9,13,16H,11-12,14-15,17-20H2;2*1H3. The van der Waals surface area contributed by atoms with Crippen LogP contribution in [0.1, 0.15) is 12.8 Å². The quantitative estimate of drug-likeness (QED) is 0.428. The molecule has 0 spiro atoms. The summed E-state index contributed by atoms with van der Waals surface area (Å²) in [5.41, 5.74) is 0. The molecule has 0 atom stereocenters. The summed E-state index contributed by atoms with van der Waals surface area (Å²) in [6.07, 6.45) is 24.8. The Balaban J connectivity index is 0. The minimum absolute atomic E-state index is 0. The smallest absolute Gasteiger partial charge is 0.0116 e. The first-order valence-electron chi connectivity index (χ1n) is 8.26. The van der Waals surface area contributed by atoms with Gasteiger partial charge in [-0.15, -0.1) is 23.5 Å². The summed E-state index contributed by atoms with van der Waals surface area (Å²) in [4.78, 5) is 0. The van der Waals surface area contributed by atoms with Crippen LogP contribution in [0.4, 0.5) is 0 Å². The highest BCUT2D eigenvalue weighted by Gasteiger charge is 1.88. The Kier molecular flexibility index (Phi) is 26.6. The lowest BCUT2D eigenvalue weighted by Gasteiger charge is -1.96. The van der Waals surface area contributed by atoms with Gasteiger partial charge < -0.3 is 12.3 Å². The van der Waals surface area contributed by atoms with Crippen molar-refractivity contribution in [2.45, 2.75) is 12.8 Å². The second-order valence-corrected chi connectivity index (χ2v) is 9.10. The zero-order valence-corrected chi connectivity index (χ0v) is 18.8. The van der Waals surface area contributed by atoms with Crippen LogP contribution in [0.5, 0.6) is 0 Å². The van der Waals surface area contributed by atoms with Crippen molar-refractivity contribution in [3.63, 3.8) is 0 Å². The van der Waals surface area contributed by atoms with Gasteiger partial charge in [0.05, 0.1) is 0 Å². The van der Waals surface area contributed by atoms with E-state index in [4.69, 9.17) is 0 Å². The minimum atomic E-state index is 0. The molecule has 1 aliphatic heterocycles. The predicted molar refractivity (Wildman–Crippen MR) is 132 cm³/mol. The van der Waals surface area contributed by atoms with Gasteiger partial charge in [-0.2, -0.15) is 23.5 Å². The second-order valence-electron chi connectivity index (χ2n) is 4.81. The van der Waals surface area contributed by atoms with Gasteiger partial charge in [-0.25, -0.2) is 0 Å². The Hall–Kier alpha value is -0.240. The highest BCUT2D eigenvalue weighted by molar-refractivity contribution is 8.02. The van der Waals surface area contributed by atoms with Crippen LogP contribution in [0, 0.1) is 6.08 Å². The van der Waals surface area contributed by atoms with Gasteiger partial charge in [-0.3, -0.25) is 0 Å². The van der Waals surface area contributed by atoms with Crippen LogP contribution < -0.4 is 12.3 Å². The summed E-state index contributed by atoms with van der Waals surface area (Å²) in [6, 6.07) is 0. The fraction of sp³-hybridized carbons (Fsp3) is 0.400. The van der Waals surface area contributed by atoms with E-state index in [-0.39, 0.29) is 12.3 Å². The number of rotatable bonds is 0. The molecule has 0 saturated heterocycles. The van der Waals surface area contributed by atoms with E-state index in [0.717, 1.165) is 11.5 Å². The highest BCUT2D eigenvalue weighted by Crippen LogP contribution is 2.10. The minimum Gasteiger partial charge on any atom is -0.344 e. The Morgan fingerprint density at radius 3 is 1.96 bits per heavy atom. The van der Waals surface area contributed by atoms with E-state index in [2.05, 4.69) is 65.5 Å². The third kappa shape index (κ3) is 21.8. The number of hydrogen-bond acceptors (Lipinski definition) is 6. The molecule has 6 N–H and O–H groups in total. The largest absolute Gasteiger partial charge is 0.344 e. The maximum atomic E-state index is 3.20. The summed E-state index contributed by atoms with van der Waals surface area (Å²) >= 11 is 7.73. The molecule has 0 saturated carbocycles. The van der Waals surface area contributed by atoms with Gasteiger partial charge in [0.15, 0.2) is 0 Å². The monoisotopic (exact) mass is 429 g/mol. The van der Waals surface area contributed by atoms with E-state index in [9.17, 15) is 0 Å². The Morgan fingerprint density at radius 1 is 0.615 bits per heavy atom. The summed E-state index contributed by atoms with van der Waals surface area (Å²) < 4.78 is 0. The molecule has 1 rings (SSSR count). The summed E-state index contributed by atoms with van der Waals surface area (Å²) in [7, 11) is 0. The van der Waals surface area contributed by atoms with E-state index in [1.807, 2.05) is 53.1 Å². The van der Waals surface area contributed by atoms with Crippen molar-refractivity contribution in [2.24, 2.45) is 0 Å². The van der Waals surface area contributed by atoms with Gasteiger partial charge in [0.25, 0.3) is 0 Å². The molecule has 0 amide bonds. The molecule has 1 heterocycles. The number of allylic oxidation sites excluding steroid dienone is 8. The van der Waals surface area contributed by atoms with Crippen molar-refractivity contribution >= 4 is 47.0 Å². The fourth-order valence-electron chi connectivity index (χ4n) is 1.61. The molecule has 0 bridgehead atoms. The first-order chi connectivity index (χ1) is 12.0. The Morgan fingerprint density at radius 2 is 1.23 bits per heavy atom. The van der Waals surface area contributed by atoms with Crippen molar-refractivity contribution in [3.8, 4) is 0 Å². The molecule has 0 aromatic carbocycles. The molecule has 0 fully saturated rings. The lowest BCUT2D eigenvalue weighted by atomic mass is 10.4. The van der Waals surface area contributed by atoms with Crippen LogP contribution in [0.15, 0.2) is 65.5 Å². The molecular weight excluding hydrogens is 397 g/mol. The Labute approximate surface area is 177 Å². The first kappa shape index (κ1) is 28.0. The SMILES string of the molecule is N.N.[C]1=CSCCCSCC=CC=CC=CSCCCSCC=CC=C1. The van der Waals surface area contributed by atoms with Crippen molar-refractivity contribution in [2.75, 3.05) is 34.5 Å². The van der Waals surface area contributed by atoms with Crippen molar-refractivity contribution < 1.29 is 0 Å². The van der Waals surface area contributed by atoms with Gasteiger partial charge in [0.1, 0.15) is 0 Å². The van der Waals surface area contributed by atoms with E-state index in [0.29, 0.717) is 0 Å². The first-order valence-corrected chi connectivity index (χ1v) is 12.7. The van der Waals surface area contributed by atoms with Crippen LogP contribution in [0.2, 0.25) is 0 Å². The second kappa shape index (κ2) is 24.8. The molecule has 2 nitrogen and oxygen atoms in total. The maximum Gasteiger partial charge on any atom is 0.0116 e. The molecule has 0 aromatic heterocycles. The molecule has 0 aliphatic carbocycles. The van der Waals surface area contributed by atoms with E-state index in [1.165, 1.54) is 35.9 Å². The molecule has 0 aromatic rings. The molecule has 147 valence electrons. The maximum absolute atomic E-state index is 3.20. The van der Waals surface area contributed by atoms with Gasteiger partial charge >= 0.3 is 0 Å². The third-order valence-electron chi connectivity index (χ3n) is 2.77. The van der Waals surface area contributed by atoms with Crippen LogP contribution in [-0.2, 0) is 0 Å². The van der Waals surface area contributed by atoms with Crippen LogP contribution in [0.25, 0.3) is 0 Å². The third-order valence-corrected chi connectivity index (χ3v) is 6.48. The summed E-state index contributed by atoms with van der Waals surface area (Å²) in [5.74, 6) is 7.02. The normalized spacial score (nSPS) is 18.5. The number of thioether (sulfide) groups is 4. The van der Waals surface area contributed by atoms with E-state index in [1.54, 1.807) is 0 Å². The van der Waals surface area contributed by atoms with Crippen molar-refractivity contribution in [3.05, 3.63) is 71.6 Å². The Bertz CT molecular complexity index is 373. The molecule has 6 heteroatoms. The van der Waals surface area contributed by atoms with Crippen molar-refractivity contribution in [1.29, 1.82) is 0 Å². The average molecular weight is 430 g/mol. The molecule has 1 radical (unpaired) electrons. The molecule has 26 heavy (non-hydrogen) atoms. The van der Waals surface area contributed by atoms with Crippen molar-refractivity contribution in [1.82, 2.24) is 12.3 Å². The number of hydrogen-bond donors (Lipinski definition) is 2. The van der Waals surface area contributed by atoms with Crippen LogP contribution >= 0.6 is 47.0 Å². The van der Waals surface area contributed by atoms with Crippen LogP contribution in [-0.4, -0.2) is 34.5 Å². The van der Waals surface area contributed by atoms with Gasteiger partial charge in [0, 0.05) is 11.5 Å². The molecular formula is C20H33N2S4. The van der Waals surface area contributed by atoms with Gasteiger partial charge in [0.2, 0.25) is 0 Å². The topological polar surface area (TPSA) is 70.0 Å².